The van der Waals surface area contributed by atoms with Crippen LogP contribution in [0.25, 0.3) is 0 Å². The van der Waals surface area contributed by atoms with Gasteiger partial charge in [0.05, 0.1) is 6.04 Å². The SMILES string of the molecule is CC(=O)c1ccc2c(c1)OC(C)(C)[C@H](O)[C@H]2NC(=O)c1ccc(F)cc1. The first-order valence-corrected chi connectivity index (χ1v) is 8.27. The Bertz CT molecular complexity index is 861. The van der Waals surface area contributed by atoms with Gasteiger partial charge in [-0.1, -0.05) is 12.1 Å². The minimum absolute atomic E-state index is 0.104. The minimum atomic E-state index is -1.01. The largest absolute Gasteiger partial charge is 0.485 e. The van der Waals surface area contributed by atoms with E-state index in [1.54, 1.807) is 32.0 Å². The molecule has 3 rings (SSSR count). The average Bonchev–Trinajstić information content (AvgIpc) is 2.58. The molecule has 2 atom stereocenters. The van der Waals surface area contributed by atoms with Crippen LogP contribution < -0.4 is 10.1 Å². The van der Waals surface area contributed by atoms with Crippen LogP contribution in [0.2, 0.25) is 0 Å². The number of carbonyl (C=O) groups is 2. The van der Waals surface area contributed by atoms with Gasteiger partial charge in [-0.25, -0.2) is 4.39 Å². The Morgan fingerprint density at radius 1 is 1.12 bits per heavy atom. The number of halogens is 1. The first kappa shape index (κ1) is 18.1. The highest BCUT2D eigenvalue weighted by Gasteiger charge is 2.43. The number of aliphatic hydroxyl groups excluding tert-OH is 1. The number of Topliss-reactive ketones (excluding diaryl/α,β-unsaturated/α-hetero) is 1. The summed E-state index contributed by atoms with van der Waals surface area (Å²) >= 11 is 0. The summed E-state index contributed by atoms with van der Waals surface area (Å²) < 4.78 is 18.9. The standard InChI is InChI=1S/C20H20FNO4/c1-11(23)13-6-9-15-16(10-13)26-20(2,3)18(24)17(15)22-19(25)12-4-7-14(21)8-5-12/h4-10,17-18,24H,1-3H3,(H,22,25)/t17-,18+/m0/s1. The molecule has 0 saturated heterocycles. The summed E-state index contributed by atoms with van der Waals surface area (Å²) in [6.45, 7) is 4.87. The Labute approximate surface area is 150 Å². The lowest BCUT2D eigenvalue weighted by Gasteiger charge is -2.42. The van der Waals surface area contributed by atoms with E-state index in [1.165, 1.54) is 31.2 Å². The fourth-order valence-electron chi connectivity index (χ4n) is 3.00. The van der Waals surface area contributed by atoms with E-state index >= 15 is 0 Å². The predicted molar refractivity (Wildman–Crippen MR) is 93.8 cm³/mol. The lowest BCUT2D eigenvalue weighted by Crippen LogP contribution is -2.53. The molecule has 0 aromatic heterocycles. The van der Waals surface area contributed by atoms with Gasteiger partial charge in [-0.05, 0) is 51.1 Å². The Kier molecular flexibility index (Phi) is 4.54. The third kappa shape index (κ3) is 3.32. The van der Waals surface area contributed by atoms with E-state index in [2.05, 4.69) is 5.32 Å². The third-order valence-corrected chi connectivity index (χ3v) is 4.55. The molecule has 5 nitrogen and oxygen atoms in total. The van der Waals surface area contributed by atoms with Crippen LogP contribution in [-0.2, 0) is 0 Å². The number of hydrogen-bond donors (Lipinski definition) is 2. The highest BCUT2D eigenvalue weighted by molar-refractivity contribution is 5.95. The van der Waals surface area contributed by atoms with Crippen molar-refractivity contribution in [3.63, 3.8) is 0 Å². The zero-order valence-corrected chi connectivity index (χ0v) is 14.7. The zero-order chi connectivity index (χ0) is 19.1. The van der Waals surface area contributed by atoms with E-state index in [4.69, 9.17) is 4.74 Å². The predicted octanol–water partition coefficient (Wildman–Crippen LogP) is 3.03. The number of fused-ring (bicyclic) bond motifs is 1. The van der Waals surface area contributed by atoms with Gasteiger partial charge >= 0.3 is 0 Å². The Hall–Kier alpha value is -2.73. The van der Waals surface area contributed by atoms with Gasteiger partial charge in [-0.2, -0.15) is 0 Å². The van der Waals surface area contributed by atoms with Gasteiger partial charge in [0.1, 0.15) is 23.3 Å². The Balaban J connectivity index is 1.96. The molecular weight excluding hydrogens is 337 g/mol. The number of hydrogen-bond acceptors (Lipinski definition) is 4. The zero-order valence-electron chi connectivity index (χ0n) is 14.7. The smallest absolute Gasteiger partial charge is 0.251 e. The van der Waals surface area contributed by atoms with Gasteiger partial charge in [0.25, 0.3) is 5.91 Å². The van der Waals surface area contributed by atoms with Crippen LogP contribution in [0.4, 0.5) is 4.39 Å². The highest BCUT2D eigenvalue weighted by atomic mass is 19.1. The van der Waals surface area contributed by atoms with Gasteiger partial charge in [0.2, 0.25) is 0 Å². The molecule has 2 aromatic rings. The van der Waals surface area contributed by atoms with Crippen molar-refractivity contribution in [1.29, 1.82) is 0 Å². The van der Waals surface area contributed by atoms with E-state index in [-0.39, 0.29) is 11.3 Å². The highest BCUT2D eigenvalue weighted by Crippen LogP contribution is 2.40. The van der Waals surface area contributed by atoms with Crippen LogP contribution in [0.15, 0.2) is 42.5 Å². The topological polar surface area (TPSA) is 75.6 Å². The molecule has 0 bridgehead atoms. The number of aliphatic hydroxyl groups is 1. The van der Waals surface area contributed by atoms with Gasteiger partial charge in [-0.15, -0.1) is 0 Å². The van der Waals surface area contributed by atoms with Gasteiger partial charge in [-0.3, -0.25) is 9.59 Å². The van der Waals surface area contributed by atoms with E-state index in [0.717, 1.165) is 0 Å². The maximum Gasteiger partial charge on any atom is 0.251 e. The molecule has 0 unspecified atom stereocenters. The van der Waals surface area contributed by atoms with Crippen molar-refractivity contribution >= 4 is 11.7 Å². The van der Waals surface area contributed by atoms with Crippen molar-refractivity contribution < 1.29 is 23.8 Å². The van der Waals surface area contributed by atoms with Crippen LogP contribution in [0.5, 0.6) is 5.75 Å². The van der Waals surface area contributed by atoms with Crippen molar-refractivity contribution in [1.82, 2.24) is 5.32 Å². The quantitative estimate of drug-likeness (QED) is 0.828. The van der Waals surface area contributed by atoms with Crippen LogP contribution >= 0.6 is 0 Å². The van der Waals surface area contributed by atoms with Gasteiger partial charge in [0, 0.05) is 16.7 Å². The van der Waals surface area contributed by atoms with Gasteiger partial charge < -0.3 is 15.2 Å². The number of carbonyl (C=O) groups excluding carboxylic acids is 2. The lowest BCUT2D eigenvalue weighted by atomic mass is 9.85. The summed E-state index contributed by atoms with van der Waals surface area (Å²) in [4.78, 5) is 24.1. The molecule has 1 heterocycles. The molecule has 0 aliphatic carbocycles. The summed E-state index contributed by atoms with van der Waals surface area (Å²) in [6.07, 6.45) is -1.01. The molecule has 1 amide bonds. The van der Waals surface area contributed by atoms with Crippen molar-refractivity contribution in [3.05, 3.63) is 65.0 Å². The summed E-state index contributed by atoms with van der Waals surface area (Å²) in [7, 11) is 0. The van der Waals surface area contributed by atoms with E-state index in [1.807, 2.05) is 0 Å². The molecule has 2 aromatic carbocycles. The number of nitrogens with one attached hydrogen (secondary N) is 1. The number of amides is 1. The van der Waals surface area contributed by atoms with Crippen molar-refractivity contribution in [3.8, 4) is 5.75 Å². The second kappa shape index (κ2) is 6.53. The maximum atomic E-state index is 13.1. The molecule has 0 fully saturated rings. The van der Waals surface area contributed by atoms with Gasteiger partial charge in [0.15, 0.2) is 5.78 Å². The molecule has 136 valence electrons. The second-order valence-corrected chi connectivity index (χ2v) is 6.92. The maximum absolute atomic E-state index is 13.1. The summed E-state index contributed by atoms with van der Waals surface area (Å²) in [5.74, 6) is -0.533. The number of ether oxygens (including phenoxy) is 1. The Morgan fingerprint density at radius 2 is 1.73 bits per heavy atom. The number of ketones is 1. The van der Waals surface area contributed by atoms with E-state index < -0.39 is 29.5 Å². The second-order valence-electron chi connectivity index (χ2n) is 6.92. The first-order chi connectivity index (χ1) is 12.2. The molecule has 0 saturated carbocycles. The van der Waals surface area contributed by atoms with E-state index in [0.29, 0.717) is 16.9 Å². The molecule has 2 N–H and O–H groups in total. The molecule has 6 heteroatoms. The summed E-state index contributed by atoms with van der Waals surface area (Å²) in [5.41, 5.74) is 0.380. The molecular formula is C20H20FNO4. The minimum Gasteiger partial charge on any atom is -0.485 e. The van der Waals surface area contributed by atoms with Crippen LogP contribution in [0, 0.1) is 5.82 Å². The molecule has 0 spiro atoms. The number of benzene rings is 2. The fourth-order valence-corrected chi connectivity index (χ4v) is 3.00. The summed E-state index contributed by atoms with van der Waals surface area (Å²) in [5, 5.41) is 13.5. The lowest BCUT2D eigenvalue weighted by molar-refractivity contribution is -0.0628. The fraction of sp³-hybridized carbons (Fsp3) is 0.300. The molecule has 1 aliphatic heterocycles. The molecule has 1 aliphatic rings. The van der Waals surface area contributed by atoms with Crippen molar-refractivity contribution in [2.45, 2.75) is 38.5 Å². The average molecular weight is 357 g/mol. The van der Waals surface area contributed by atoms with Crippen LogP contribution in [0.3, 0.4) is 0 Å². The normalized spacial score (nSPS) is 20.7. The van der Waals surface area contributed by atoms with Crippen molar-refractivity contribution in [2.75, 3.05) is 0 Å². The Morgan fingerprint density at radius 3 is 2.35 bits per heavy atom. The summed E-state index contributed by atoms with van der Waals surface area (Å²) in [6, 6.07) is 9.34. The monoisotopic (exact) mass is 357 g/mol. The van der Waals surface area contributed by atoms with Crippen LogP contribution in [-0.4, -0.2) is 28.5 Å². The molecule has 0 radical (unpaired) electrons. The van der Waals surface area contributed by atoms with E-state index in [9.17, 15) is 19.1 Å². The number of rotatable bonds is 3. The van der Waals surface area contributed by atoms with Crippen LogP contribution in [0.1, 0.15) is 53.1 Å². The first-order valence-electron chi connectivity index (χ1n) is 8.27. The molecule has 26 heavy (non-hydrogen) atoms. The third-order valence-electron chi connectivity index (χ3n) is 4.55. The van der Waals surface area contributed by atoms with Crippen molar-refractivity contribution in [2.24, 2.45) is 0 Å².